The van der Waals surface area contributed by atoms with Crippen LogP contribution in [0.25, 0.3) is 10.9 Å². The van der Waals surface area contributed by atoms with E-state index in [1.165, 1.54) is 0 Å². The minimum atomic E-state index is 0.525. The molecule has 1 aromatic carbocycles. The summed E-state index contributed by atoms with van der Waals surface area (Å²) in [6, 6.07) is 12.9. The summed E-state index contributed by atoms with van der Waals surface area (Å²) in [7, 11) is 2.17. The highest BCUT2D eigenvalue weighted by molar-refractivity contribution is 5.81. The third kappa shape index (κ3) is 3.46. The number of para-hydroxylation sites is 1. The average Bonchev–Trinajstić information content (AvgIpc) is 2.68. The first-order valence-corrected chi connectivity index (χ1v) is 9.04. The molecule has 1 saturated heterocycles. The van der Waals surface area contributed by atoms with Crippen LogP contribution in [0.15, 0.2) is 48.9 Å². The van der Waals surface area contributed by atoms with Crippen molar-refractivity contribution in [2.75, 3.05) is 36.9 Å². The molecular weight excluding hydrogens is 324 g/mol. The molecule has 0 saturated carbocycles. The summed E-state index contributed by atoms with van der Waals surface area (Å²) < 4.78 is 0. The van der Waals surface area contributed by atoms with Gasteiger partial charge in [-0.05, 0) is 25.6 Å². The standard InChI is InChI=1S/C20H24N6/c1-15-13-26(10-9-25(15)2)19-11-18(23-14-24-19)22-12-17-6-3-5-16-7-4-8-21-20(16)17/h3-8,11,14-15H,9-10,12-13H2,1-2H3,(H,22,23,24). The predicted octanol–water partition coefficient (Wildman–Crippen LogP) is 2.78. The van der Waals surface area contributed by atoms with E-state index in [1.54, 1.807) is 6.33 Å². The second-order valence-electron chi connectivity index (χ2n) is 6.88. The van der Waals surface area contributed by atoms with Crippen molar-refractivity contribution >= 4 is 22.5 Å². The third-order valence-corrected chi connectivity index (χ3v) is 5.11. The first kappa shape index (κ1) is 16.7. The average molecular weight is 348 g/mol. The lowest BCUT2D eigenvalue weighted by atomic mass is 10.1. The highest BCUT2D eigenvalue weighted by Gasteiger charge is 2.21. The summed E-state index contributed by atoms with van der Waals surface area (Å²) in [4.78, 5) is 18.1. The van der Waals surface area contributed by atoms with Crippen LogP contribution >= 0.6 is 0 Å². The predicted molar refractivity (Wildman–Crippen MR) is 105 cm³/mol. The smallest absolute Gasteiger partial charge is 0.134 e. The number of aromatic nitrogens is 3. The third-order valence-electron chi connectivity index (χ3n) is 5.11. The Morgan fingerprint density at radius 2 is 2.00 bits per heavy atom. The van der Waals surface area contributed by atoms with E-state index < -0.39 is 0 Å². The van der Waals surface area contributed by atoms with Crippen molar-refractivity contribution in [3.63, 3.8) is 0 Å². The van der Waals surface area contributed by atoms with Gasteiger partial charge in [0.05, 0.1) is 5.52 Å². The molecule has 1 atom stereocenters. The zero-order chi connectivity index (χ0) is 17.9. The van der Waals surface area contributed by atoms with Crippen LogP contribution in [0.4, 0.5) is 11.6 Å². The molecule has 134 valence electrons. The van der Waals surface area contributed by atoms with Crippen molar-refractivity contribution in [2.45, 2.75) is 19.5 Å². The minimum absolute atomic E-state index is 0.525. The fourth-order valence-corrected chi connectivity index (χ4v) is 3.37. The fourth-order valence-electron chi connectivity index (χ4n) is 3.37. The quantitative estimate of drug-likeness (QED) is 0.782. The number of anilines is 2. The molecule has 0 radical (unpaired) electrons. The van der Waals surface area contributed by atoms with Crippen LogP contribution in [-0.4, -0.2) is 52.6 Å². The first-order valence-electron chi connectivity index (χ1n) is 9.04. The number of hydrogen-bond acceptors (Lipinski definition) is 6. The molecule has 2 aromatic heterocycles. The van der Waals surface area contributed by atoms with Crippen LogP contribution in [0.2, 0.25) is 0 Å². The summed E-state index contributed by atoms with van der Waals surface area (Å²) in [5.41, 5.74) is 2.20. The lowest BCUT2D eigenvalue weighted by Gasteiger charge is -2.38. The van der Waals surface area contributed by atoms with Crippen molar-refractivity contribution in [3.8, 4) is 0 Å². The van der Waals surface area contributed by atoms with Gasteiger partial charge in [-0.2, -0.15) is 0 Å². The molecule has 0 spiro atoms. The lowest BCUT2D eigenvalue weighted by Crippen LogP contribution is -2.50. The number of fused-ring (bicyclic) bond motifs is 1. The summed E-state index contributed by atoms with van der Waals surface area (Å²) in [6.07, 6.45) is 3.48. The zero-order valence-corrected chi connectivity index (χ0v) is 15.3. The second-order valence-corrected chi connectivity index (χ2v) is 6.88. The Balaban J connectivity index is 1.49. The van der Waals surface area contributed by atoms with E-state index in [9.17, 15) is 0 Å². The Kier molecular flexibility index (Phi) is 4.67. The summed E-state index contributed by atoms with van der Waals surface area (Å²) in [5.74, 6) is 1.83. The van der Waals surface area contributed by atoms with Gasteiger partial charge in [-0.3, -0.25) is 4.98 Å². The number of nitrogens with one attached hydrogen (secondary N) is 1. The second kappa shape index (κ2) is 7.25. The van der Waals surface area contributed by atoms with Gasteiger partial charge in [-0.15, -0.1) is 0 Å². The Hall–Kier alpha value is -2.73. The van der Waals surface area contributed by atoms with Gasteiger partial charge in [-0.1, -0.05) is 24.3 Å². The first-order chi connectivity index (χ1) is 12.7. The monoisotopic (exact) mass is 348 g/mol. The van der Waals surface area contributed by atoms with Gasteiger partial charge in [0.15, 0.2) is 0 Å². The molecule has 1 unspecified atom stereocenters. The molecule has 1 fully saturated rings. The number of hydrogen-bond donors (Lipinski definition) is 1. The maximum absolute atomic E-state index is 4.51. The molecule has 0 aliphatic carbocycles. The van der Waals surface area contributed by atoms with Gasteiger partial charge in [0.25, 0.3) is 0 Å². The number of piperazine rings is 1. The molecule has 0 amide bonds. The normalized spacial score (nSPS) is 18.2. The SMILES string of the molecule is CC1CN(c2cc(NCc3cccc4cccnc34)ncn2)CCN1C. The maximum atomic E-state index is 4.51. The van der Waals surface area contributed by atoms with Gasteiger partial charge in [0.2, 0.25) is 0 Å². The van der Waals surface area contributed by atoms with Crippen molar-refractivity contribution < 1.29 is 0 Å². The van der Waals surface area contributed by atoms with Crippen molar-refractivity contribution in [3.05, 3.63) is 54.5 Å². The molecule has 3 heterocycles. The Morgan fingerprint density at radius 1 is 1.12 bits per heavy atom. The number of nitrogens with zero attached hydrogens (tertiary/aromatic N) is 5. The van der Waals surface area contributed by atoms with Crippen LogP contribution < -0.4 is 10.2 Å². The van der Waals surface area contributed by atoms with Gasteiger partial charge in [0, 0.05) is 49.9 Å². The van der Waals surface area contributed by atoms with Gasteiger partial charge in [0.1, 0.15) is 18.0 Å². The van der Waals surface area contributed by atoms with E-state index in [4.69, 9.17) is 0 Å². The minimum Gasteiger partial charge on any atom is -0.366 e. The molecular formula is C20H24N6. The number of rotatable bonds is 4. The van der Waals surface area contributed by atoms with Crippen LogP contribution in [0, 0.1) is 0 Å². The lowest BCUT2D eigenvalue weighted by molar-refractivity contribution is 0.233. The molecule has 1 aliphatic rings. The summed E-state index contributed by atoms with van der Waals surface area (Å²) in [5, 5.41) is 4.58. The summed E-state index contributed by atoms with van der Waals surface area (Å²) >= 11 is 0. The largest absolute Gasteiger partial charge is 0.366 e. The van der Waals surface area contributed by atoms with Crippen LogP contribution in [0.1, 0.15) is 12.5 Å². The molecule has 6 heteroatoms. The molecule has 4 rings (SSSR count). The Labute approximate surface area is 153 Å². The Morgan fingerprint density at radius 3 is 2.88 bits per heavy atom. The number of pyridine rings is 1. The van der Waals surface area contributed by atoms with E-state index in [1.807, 2.05) is 18.3 Å². The molecule has 3 aromatic rings. The molecule has 1 aliphatic heterocycles. The van der Waals surface area contributed by atoms with Gasteiger partial charge in [-0.25, -0.2) is 9.97 Å². The summed E-state index contributed by atoms with van der Waals surface area (Å²) in [6.45, 7) is 5.96. The maximum Gasteiger partial charge on any atom is 0.134 e. The highest BCUT2D eigenvalue weighted by atomic mass is 15.3. The Bertz CT molecular complexity index is 891. The van der Waals surface area contributed by atoms with Crippen molar-refractivity contribution in [2.24, 2.45) is 0 Å². The topological polar surface area (TPSA) is 57.2 Å². The van der Waals surface area contributed by atoms with E-state index >= 15 is 0 Å². The highest BCUT2D eigenvalue weighted by Crippen LogP contribution is 2.20. The van der Waals surface area contributed by atoms with Gasteiger partial charge >= 0.3 is 0 Å². The van der Waals surface area contributed by atoms with E-state index in [2.05, 4.69) is 68.3 Å². The van der Waals surface area contributed by atoms with Crippen molar-refractivity contribution in [1.29, 1.82) is 0 Å². The van der Waals surface area contributed by atoms with Crippen LogP contribution in [0.3, 0.4) is 0 Å². The number of benzene rings is 1. The fraction of sp³-hybridized carbons (Fsp3) is 0.350. The number of likely N-dealkylation sites (N-methyl/N-ethyl adjacent to an activating group) is 1. The molecule has 0 bridgehead atoms. The van der Waals surface area contributed by atoms with E-state index in [-0.39, 0.29) is 0 Å². The van der Waals surface area contributed by atoms with Crippen molar-refractivity contribution in [1.82, 2.24) is 19.9 Å². The molecule has 26 heavy (non-hydrogen) atoms. The molecule has 1 N–H and O–H groups in total. The molecule has 6 nitrogen and oxygen atoms in total. The van der Waals surface area contributed by atoms with Crippen LogP contribution in [-0.2, 0) is 6.54 Å². The van der Waals surface area contributed by atoms with E-state index in [0.717, 1.165) is 47.7 Å². The van der Waals surface area contributed by atoms with E-state index in [0.29, 0.717) is 12.6 Å². The van der Waals surface area contributed by atoms with Gasteiger partial charge < -0.3 is 15.1 Å². The zero-order valence-electron chi connectivity index (χ0n) is 15.3. The van der Waals surface area contributed by atoms with Crippen LogP contribution in [0.5, 0.6) is 0 Å².